The maximum absolute atomic E-state index is 12.8. The van der Waals surface area contributed by atoms with E-state index in [-0.39, 0.29) is 11.8 Å². The Bertz CT molecular complexity index is 883. The monoisotopic (exact) mass is 361 g/mol. The summed E-state index contributed by atoms with van der Waals surface area (Å²) < 4.78 is 32.5. The Morgan fingerprint density at radius 3 is 2.56 bits per heavy atom. The van der Waals surface area contributed by atoms with Gasteiger partial charge in [0.2, 0.25) is 15.9 Å². The van der Waals surface area contributed by atoms with Gasteiger partial charge in [0.1, 0.15) is 0 Å². The molecule has 0 saturated carbocycles. The molecule has 134 valence electrons. The lowest BCUT2D eigenvalue weighted by Gasteiger charge is -2.36. The third-order valence-corrected chi connectivity index (χ3v) is 6.96. The third kappa shape index (κ3) is 3.00. The van der Waals surface area contributed by atoms with Crippen LogP contribution in [0.5, 0.6) is 0 Å². The summed E-state index contributed by atoms with van der Waals surface area (Å²) in [5.41, 5.74) is 2.47. The Balaban J connectivity index is 1.49. The molecule has 1 aromatic carbocycles. The quantitative estimate of drug-likeness (QED) is 0.837. The smallest absolute Gasteiger partial charge is 0.243 e. The largest absolute Gasteiger partial charge is 0.339 e. The summed E-state index contributed by atoms with van der Waals surface area (Å²) in [4.78, 5) is 4.78. The minimum atomic E-state index is -3.44. The van der Waals surface area contributed by atoms with Gasteiger partial charge in [-0.05, 0) is 48.9 Å². The molecule has 0 N–H and O–H groups in total. The maximum atomic E-state index is 12.8. The van der Waals surface area contributed by atoms with Gasteiger partial charge in [0.05, 0.1) is 10.8 Å². The second-order valence-corrected chi connectivity index (χ2v) is 9.24. The number of sulfonamides is 1. The van der Waals surface area contributed by atoms with E-state index in [4.69, 9.17) is 4.52 Å². The Morgan fingerprint density at radius 2 is 1.88 bits per heavy atom. The van der Waals surface area contributed by atoms with Crippen LogP contribution in [-0.4, -0.2) is 36.0 Å². The van der Waals surface area contributed by atoms with E-state index in [1.54, 1.807) is 6.07 Å². The molecule has 7 heteroatoms. The molecule has 0 atom stereocenters. The highest BCUT2D eigenvalue weighted by Gasteiger charge is 2.40. The van der Waals surface area contributed by atoms with E-state index in [1.165, 1.54) is 21.9 Å². The summed E-state index contributed by atoms with van der Waals surface area (Å²) in [7, 11) is -3.44. The van der Waals surface area contributed by atoms with E-state index >= 15 is 0 Å². The number of aromatic nitrogens is 2. The fraction of sp³-hybridized carbons (Fsp3) is 0.556. The van der Waals surface area contributed by atoms with Gasteiger partial charge < -0.3 is 4.52 Å². The average molecular weight is 361 g/mol. The van der Waals surface area contributed by atoms with E-state index < -0.39 is 10.0 Å². The van der Waals surface area contributed by atoms with Crippen molar-refractivity contribution in [1.29, 1.82) is 0 Å². The van der Waals surface area contributed by atoms with Gasteiger partial charge in [-0.1, -0.05) is 25.1 Å². The van der Waals surface area contributed by atoms with Crippen molar-refractivity contribution in [2.24, 2.45) is 0 Å². The lowest BCUT2D eigenvalue weighted by atomic mass is 9.92. The van der Waals surface area contributed by atoms with Gasteiger partial charge in [-0.15, -0.1) is 0 Å². The minimum absolute atomic E-state index is 0.00703. The van der Waals surface area contributed by atoms with Gasteiger partial charge >= 0.3 is 0 Å². The van der Waals surface area contributed by atoms with Crippen molar-refractivity contribution in [3.8, 4) is 0 Å². The van der Waals surface area contributed by atoms with Crippen LogP contribution < -0.4 is 0 Å². The van der Waals surface area contributed by atoms with Crippen molar-refractivity contribution in [2.45, 2.75) is 56.3 Å². The first kappa shape index (κ1) is 16.7. The number of hydrogen-bond acceptors (Lipinski definition) is 5. The van der Waals surface area contributed by atoms with E-state index in [1.807, 2.05) is 26.0 Å². The molecule has 0 radical (unpaired) electrons. The molecule has 1 aliphatic carbocycles. The highest BCUT2D eigenvalue weighted by molar-refractivity contribution is 7.89. The predicted octanol–water partition coefficient (Wildman–Crippen LogP) is 2.86. The van der Waals surface area contributed by atoms with Gasteiger partial charge in [0.15, 0.2) is 5.82 Å². The minimum Gasteiger partial charge on any atom is -0.339 e. The second-order valence-electron chi connectivity index (χ2n) is 7.30. The molecule has 25 heavy (non-hydrogen) atoms. The first-order valence-corrected chi connectivity index (χ1v) is 10.3. The van der Waals surface area contributed by atoms with Crippen molar-refractivity contribution < 1.29 is 12.9 Å². The zero-order valence-electron chi connectivity index (χ0n) is 14.6. The summed E-state index contributed by atoms with van der Waals surface area (Å²) in [5, 5.41) is 3.96. The highest BCUT2D eigenvalue weighted by atomic mass is 32.2. The molecule has 0 spiro atoms. The summed E-state index contributed by atoms with van der Waals surface area (Å²) in [6, 6.07) is 5.59. The zero-order valence-corrected chi connectivity index (χ0v) is 15.4. The summed E-state index contributed by atoms with van der Waals surface area (Å²) >= 11 is 0. The normalized spacial score (nSPS) is 19.0. The SMILES string of the molecule is CC(C)c1noc(C2CN(S(=O)(=O)c3ccc4c(c3)CCCC4)C2)n1. The molecular weight excluding hydrogens is 338 g/mol. The number of aryl methyl sites for hydroxylation is 2. The molecule has 2 heterocycles. The van der Waals surface area contributed by atoms with Gasteiger partial charge in [0, 0.05) is 19.0 Å². The number of rotatable bonds is 4. The Morgan fingerprint density at radius 1 is 1.16 bits per heavy atom. The number of hydrogen-bond donors (Lipinski definition) is 0. The molecule has 0 bridgehead atoms. The van der Waals surface area contributed by atoms with Crippen molar-refractivity contribution in [3.05, 3.63) is 41.0 Å². The fourth-order valence-electron chi connectivity index (χ4n) is 3.46. The highest BCUT2D eigenvalue weighted by Crippen LogP contribution is 2.33. The lowest BCUT2D eigenvalue weighted by Crippen LogP contribution is -2.48. The molecule has 6 nitrogen and oxygen atoms in total. The van der Waals surface area contributed by atoms with Crippen LogP contribution >= 0.6 is 0 Å². The maximum Gasteiger partial charge on any atom is 0.243 e. The van der Waals surface area contributed by atoms with E-state index in [2.05, 4.69) is 10.1 Å². The first-order chi connectivity index (χ1) is 11.9. The molecule has 1 saturated heterocycles. The van der Waals surface area contributed by atoms with Crippen LogP contribution in [-0.2, 0) is 22.9 Å². The van der Waals surface area contributed by atoms with E-state index in [0.29, 0.717) is 29.7 Å². The van der Waals surface area contributed by atoms with Crippen LogP contribution in [0.4, 0.5) is 0 Å². The molecule has 1 fully saturated rings. The zero-order chi connectivity index (χ0) is 17.6. The van der Waals surface area contributed by atoms with E-state index in [0.717, 1.165) is 19.3 Å². The molecule has 0 unspecified atom stereocenters. The second kappa shape index (κ2) is 6.21. The van der Waals surface area contributed by atoms with Crippen LogP contribution in [0, 0.1) is 0 Å². The van der Waals surface area contributed by atoms with Crippen LogP contribution in [0.25, 0.3) is 0 Å². The van der Waals surface area contributed by atoms with Gasteiger partial charge in [-0.3, -0.25) is 0 Å². The standard InChI is InChI=1S/C18H23N3O3S/c1-12(2)17-19-18(24-20-17)15-10-21(11-15)25(22,23)16-8-7-13-5-3-4-6-14(13)9-16/h7-9,12,15H,3-6,10-11H2,1-2H3. The van der Waals surface area contributed by atoms with Crippen LogP contribution in [0.15, 0.2) is 27.6 Å². The van der Waals surface area contributed by atoms with Crippen molar-refractivity contribution >= 4 is 10.0 Å². The predicted molar refractivity (Wildman–Crippen MR) is 93.0 cm³/mol. The van der Waals surface area contributed by atoms with Crippen molar-refractivity contribution in [2.75, 3.05) is 13.1 Å². The lowest BCUT2D eigenvalue weighted by molar-refractivity contribution is 0.216. The Labute approximate surface area is 148 Å². The Hall–Kier alpha value is -1.73. The van der Waals surface area contributed by atoms with Gasteiger partial charge in [0.25, 0.3) is 0 Å². The Kier molecular flexibility index (Phi) is 4.16. The third-order valence-electron chi connectivity index (χ3n) is 5.13. The van der Waals surface area contributed by atoms with Gasteiger partial charge in [-0.2, -0.15) is 9.29 Å². The topological polar surface area (TPSA) is 76.3 Å². The number of nitrogens with zero attached hydrogens (tertiary/aromatic N) is 3. The summed E-state index contributed by atoms with van der Waals surface area (Å²) in [5.74, 6) is 1.41. The first-order valence-electron chi connectivity index (χ1n) is 8.90. The fourth-order valence-corrected chi connectivity index (χ4v) is 5.04. The number of fused-ring (bicyclic) bond motifs is 1. The summed E-state index contributed by atoms with van der Waals surface area (Å²) in [6.45, 7) is 4.81. The molecule has 1 aromatic heterocycles. The van der Waals surface area contributed by atoms with Crippen LogP contribution in [0.2, 0.25) is 0 Å². The molecule has 4 rings (SSSR count). The number of benzene rings is 1. The molecular formula is C18H23N3O3S. The molecule has 0 amide bonds. The van der Waals surface area contributed by atoms with E-state index in [9.17, 15) is 8.42 Å². The van der Waals surface area contributed by atoms with Crippen molar-refractivity contribution in [1.82, 2.24) is 14.4 Å². The van der Waals surface area contributed by atoms with Crippen molar-refractivity contribution in [3.63, 3.8) is 0 Å². The average Bonchev–Trinajstić information content (AvgIpc) is 3.02. The van der Waals surface area contributed by atoms with Crippen LogP contribution in [0.3, 0.4) is 0 Å². The van der Waals surface area contributed by atoms with Gasteiger partial charge in [-0.25, -0.2) is 8.42 Å². The molecule has 2 aliphatic rings. The molecule has 2 aromatic rings. The summed E-state index contributed by atoms with van der Waals surface area (Å²) in [6.07, 6.45) is 4.35. The van der Waals surface area contributed by atoms with Crippen LogP contribution in [0.1, 0.15) is 61.4 Å². The molecule has 1 aliphatic heterocycles.